The first-order valence-electron chi connectivity index (χ1n) is 8.44. The van der Waals surface area contributed by atoms with Gasteiger partial charge in [0.25, 0.3) is 0 Å². The number of hydrogen-bond acceptors (Lipinski definition) is 4. The fraction of sp³-hybridized carbons (Fsp3) is 0.250. The quantitative estimate of drug-likeness (QED) is 0.737. The van der Waals surface area contributed by atoms with E-state index in [2.05, 4.69) is 52.0 Å². The Hall–Kier alpha value is -2.95. The molecule has 1 aromatic heterocycles. The van der Waals surface area contributed by atoms with Gasteiger partial charge in [0.05, 0.1) is 18.5 Å². The summed E-state index contributed by atoms with van der Waals surface area (Å²) in [6.45, 7) is 4.63. The van der Waals surface area contributed by atoms with E-state index in [9.17, 15) is 0 Å². The van der Waals surface area contributed by atoms with Crippen LogP contribution in [0.15, 0.2) is 47.5 Å². The van der Waals surface area contributed by atoms with E-state index in [1.165, 1.54) is 5.56 Å². The third kappa shape index (κ3) is 2.61. The van der Waals surface area contributed by atoms with E-state index in [4.69, 9.17) is 9.73 Å². The van der Waals surface area contributed by atoms with Crippen LogP contribution in [0, 0.1) is 6.92 Å². The van der Waals surface area contributed by atoms with Gasteiger partial charge in [-0.25, -0.2) is 0 Å². The summed E-state index contributed by atoms with van der Waals surface area (Å²) in [5.41, 5.74) is 5.45. The van der Waals surface area contributed by atoms with Gasteiger partial charge >= 0.3 is 0 Å². The summed E-state index contributed by atoms with van der Waals surface area (Å²) < 4.78 is 7.52. The summed E-state index contributed by atoms with van der Waals surface area (Å²) in [7, 11) is 1.68. The van der Waals surface area contributed by atoms with Crippen molar-refractivity contribution >= 4 is 5.71 Å². The van der Waals surface area contributed by atoms with Crippen molar-refractivity contribution in [3.63, 3.8) is 0 Å². The zero-order valence-corrected chi connectivity index (χ0v) is 14.7. The standard InChI is InChI=1S/C20H20N4O/c1-4-14-5-7-15(8-6-14)20-17-11-16(25-3)9-10-18(17)24-13(2)22-23-19(24)12-21-20/h5-11H,4,12H2,1-3H3. The highest BCUT2D eigenvalue weighted by Gasteiger charge is 2.22. The molecule has 4 rings (SSSR count). The summed E-state index contributed by atoms with van der Waals surface area (Å²) in [5, 5.41) is 8.50. The predicted molar refractivity (Wildman–Crippen MR) is 97.8 cm³/mol. The van der Waals surface area contributed by atoms with Crippen LogP contribution in [0.3, 0.4) is 0 Å². The Labute approximate surface area is 147 Å². The first kappa shape index (κ1) is 15.6. The Morgan fingerprint density at radius 1 is 1.08 bits per heavy atom. The van der Waals surface area contributed by atoms with Crippen LogP contribution in [0.25, 0.3) is 5.69 Å². The minimum atomic E-state index is 0.503. The molecule has 1 aliphatic rings. The topological polar surface area (TPSA) is 52.3 Å². The van der Waals surface area contributed by atoms with E-state index in [1.807, 2.05) is 19.1 Å². The van der Waals surface area contributed by atoms with E-state index in [1.54, 1.807) is 7.11 Å². The number of rotatable bonds is 3. The van der Waals surface area contributed by atoms with Gasteiger partial charge in [0, 0.05) is 11.1 Å². The number of aliphatic imine (C=N–C) groups is 1. The van der Waals surface area contributed by atoms with Crippen molar-refractivity contribution < 1.29 is 4.74 Å². The predicted octanol–water partition coefficient (Wildman–Crippen LogP) is 3.50. The fourth-order valence-corrected chi connectivity index (χ4v) is 3.23. The van der Waals surface area contributed by atoms with Gasteiger partial charge in [0.2, 0.25) is 0 Å². The van der Waals surface area contributed by atoms with Crippen molar-refractivity contribution in [2.45, 2.75) is 26.8 Å². The molecule has 0 fully saturated rings. The highest BCUT2D eigenvalue weighted by molar-refractivity contribution is 6.15. The van der Waals surface area contributed by atoms with E-state index in [0.29, 0.717) is 6.54 Å². The second-order valence-corrected chi connectivity index (χ2v) is 6.10. The lowest BCUT2D eigenvalue weighted by Gasteiger charge is -2.14. The third-order valence-electron chi connectivity index (χ3n) is 4.61. The zero-order valence-electron chi connectivity index (χ0n) is 14.7. The van der Waals surface area contributed by atoms with Crippen LogP contribution in [-0.2, 0) is 13.0 Å². The third-order valence-corrected chi connectivity index (χ3v) is 4.61. The van der Waals surface area contributed by atoms with Gasteiger partial charge in [-0.3, -0.25) is 9.56 Å². The van der Waals surface area contributed by atoms with E-state index in [-0.39, 0.29) is 0 Å². The highest BCUT2D eigenvalue weighted by Crippen LogP contribution is 2.29. The number of hydrogen-bond donors (Lipinski definition) is 0. The first-order valence-corrected chi connectivity index (χ1v) is 8.44. The summed E-state index contributed by atoms with van der Waals surface area (Å²) in [5.74, 6) is 2.52. The van der Waals surface area contributed by atoms with Gasteiger partial charge < -0.3 is 4.74 Å². The summed E-state index contributed by atoms with van der Waals surface area (Å²) in [6.07, 6.45) is 1.03. The second-order valence-electron chi connectivity index (χ2n) is 6.10. The molecule has 0 N–H and O–H groups in total. The van der Waals surface area contributed by atoms with Gasteiger partial charge in [-0.2, -0.15) is 0 Å². The zero-order chi connectivity index (χ0) is 17.4. The average molecular weight is 332 g/mol. The summed E-state index contributed by atoms with van der Waals surface area (Å²) in [4.78, 5) is 4.86. The maximum Gasteiger partial charge on any atom is 0.159 e. The molecule has 0 aliphatic carbocycles. The van der Waals surface area contributed by atoms with Gasteiger partial charge in [0.1, 0.15) is 18.1 Å². The number of benzene rings is 2. The molecule has 0 amide bonds. The normalized spacial score (nSPS) is 12.8. The van der Waals surface area contributed by atoms with Crippen LogP contribution in [0.2, 0.25) is 0 Å². The van der Waals surface area contributed by atoms with E-state index in [0.717, 1.165) is 46.3 Å². The lowest BCUT2D eigenvalue weighted by molar-refractivity contribution is 0.414. The molecule has 0 saturated heterocycles. The maximum atomic E-state index is 5.45. The molecule has 0 radical (unpaired) electrons. The van der Waals surface area contributed by atoms with Crippen molar-refractivity contribution in [2.24, 2.45) is 4.99 Å². The monoisotopic (exact) mass is 332 g/mol. The number of aromatic nitrogens is 3. The minimum absolute atomic E-state index is 0.503. The van der Waals surface area contributed by atoms with Gasteiger partial charge in [-0.15, -0.1) is 10.2 Å². The molecule has 1 aliphatic heterocycles. The summed E-state index contributed by atoms with van der Waals surface area (Å²) >= 11 is 0. The molecule has 2 heterocycles. The number of methoxy groups -OCH3 is 1. The molecular weight excluding hydrogens is 312 g/mol. The van der Waals surface area contributed by atoms with Gasteiger partial charge in [-0.05, 0) is 37.1 Å². The van der Waals surface area contributed by atoms with Crippen LogP contribution in [0.5, 0.6) is 5.75 Å². The smallest absolute Gasteiger partial charge is 0.159 e. The second kappa shape index (κ2) is 6.16. The molecule has 0 atom stereocenters. The highest BCUT2D eigenvalue weighted by atomic mass is 16.5. The van der Waals surface area contributed by atoms with Gasteiger partial charge in [0.15, 0.2) is 5.82 Å². The average Bonchev–Trinajstić information content (AvgIpc) is 2.94. The molecule has 0 bridgehead atoms. The van der Waals surface area contributed by atoms with Crippen molar-refractivity contribution in [3.05, 3.63) is 70.8 Å². The largest absolute Gasteiger partial charge is 0.497 e. The number of nitrogens with zero attached hydrogens (tertiary/aromatic N) is 4. The van der Waals surface area contributed by atoms with Crippen LogP contribution in [0.4, 0.5) is 0 Å². The SMILES string of the molecule is CCc1ccc(C2=NCc3nnc(C)n3-c3ccc(OC)cc32)cc1. The first-order chi connectivity index (χ1) is 12.2. The van der Waals surface area contributed by atoms with Crippen molar-refractivity contribution in [3.8, 4) is 11.4 Å². The Morgan fingerprint density at radius 2 is 1.88 bits per heavy atom. The van der Waals surface area contributed by atoms with Crippen molar-refractivity contribution in [1.29, 1.82) is 0 Å². The minimum Gasteiger partial charge on any atom is -0.497 e. The van der Waals surface area contributed by atoms with Crippen molar-refractivity contribution in [2.75, 3.05) is 7.11 Å². The molecule has 25 heavy (non-hydrogen) atoms. The van der Waals surface area contributed by atoms with Crippen LogP contribution in [-0.4, -0.2) is 27.6 Å². The van der Waals surface area contributed by atoms with Crippen LogP contribution >= 0.6 is 0 Å². The van der Waals surface area contributed by atoms with E-state index < -0.39 is 0 Å². The van der Waals surface area contributed by atoms with Crippen LogP contribution < -0.4 is 4.74 Å². The Bertz CT molecular complexity index is 954. The molecule has 5 heteroatoms. The molecule has 2 aromatic carbocycles. The molecule has 0 saturated carbocycles. The summed E-state index contributed by atoms with van der Waals surface area (Å²) in [6, 6.07) is 14.7. The van der Waals surface area contributed by atoms with Crippen molar-refractivity contribution in [1.82, 2.24) is 14.8 Å². The number of aryl methyl sites for hydroxylation is 2. The Balaban J connectivity index is 1.93. The molecule has 0 unspecified atom stereocenters. The Kier molecular flexibility index (Phi) is 3.84. The lowest BCUT2D eigenvalue weighted by Crippen LogP contribution is -2.08. The van der Waals surface area contributed by atoms with E-state index >= 15 is 0 Å². The molecule has 126 valence electrons. The number of ether oxygens (including phenoxy) is 1. The maximum absolute atomic E-state index is 5.45. The van der Waals surface area contributed by atoms with Crippen LogP contribution in [0.1, 0.15) is 35.3 Å². The number of fused-ring (bicyclic) bond motifs is 3. The van der Waals surface area contributed by atoms with Gasteiger partial charge in [-0.1, -0.05) is 31.2 Å². The fourth-order valence-electron chi connectivity index (χ4n) is 3.23. The molecule has 5 nitrogen and oxygen atoms in total. The molecule has 3 aromatic rings. The molecule has 0 spiro atoms. The molecular formula is C20H20N4O. The Morgan fingerprint density at radius 3 is 2.60 bits per heavy atom. The lowest BCUT2D eigenvalue weighted by atomic mass is 9.98.